The number of carboxylic acids is 1. The highest BCUT2D eigenvalue weighted by atomic mass is 16.5. The summed E-state index contributed by atoms with van der Waals surface area (Å²) in [6.07, 6.45) is 0.530. The second-order valence-electron chi connectivity index (χ2n) is 5.90. The Bertz CT molecular complexity index is 848. The van der Waals surface area contributed by atoms with Gasteiger partial charge in [-0.3, -0.25) is 4.79 Å². The Morgan fingerprint density at radius 2 is 1.96 bits per heavy atom. The minimum atomic E-state index is -1.09. The van der Waals surface area contributed by atoms with Gasteiger partial charge < -0.3 is 24.6 Å². The van der Waals surface area contributed by atoms with Crippen LogP contribution in [0.15, 0.2) is 36.4 Å². The summed E-state index contributed by atoms with van der Waals surface area (Å²) in [7, 11) is 2.97. The quantitative estimate of drug-likeness (QED) is 0.854. The number of amides is 1. The molecule has 0 radical (unpaired) electrons. The Kier molecular flexibility index (Phi) is 4.97. The van der Waals surface area contributed by atoms with Gasteiger partial charge in [0.1, 0.15) is 29.4 Å². The molecular formula is C19H19NO6. The highest BCUT2D eigenvalue weighted by Gasteiger charge is 2.26. The lowest BCUT2D eigenvalue weighted by Gasteiger charge is -2.25. The van der Waals surface area contributed by atoms with Crippen LogP contribution < -0.4 is 19.5 Å². The summed E-state index contributed by atoms with van der Waals surface area (Å²) in [5.41, 5.74) is 1.41. The van der Waals surface area contributed by atoms with Crippen molar-refractivity contribution in [3.63, 3.8) is 0 Å². The van der Waals surface area contributed by atoms with E-state index in [4.69, 9.17) is 19.3 Å². The Labute approximate surface area is 150 Å². The lowest BCUT2D eigenvalue weighted by molar-refractivity contribution is -0.121. The second-order valence-corrected chi connectivity index (χ2v) is 5.90. The van der Waals surface area contributed by atoms with Gasteiger partial charge in [0.15, 0.2) is 0 Å². The Hall–Kier alpha value is -3.22. The van der Waals surface area contributed by atoms with Crippen LogP contribution in [0.3, 0.4) is 0 Å². The first-order valence-corrected chi connectivity index (χ1v) is 8.03. The maximum Gasteiger partial charge on any atom is 0.339 e. The number of carbonyl (C=O) groups is 2. The van der Waals surface area contributed by atoms with E-state index in [0.717, 1.165) is 11.3 Å². The number of benzene rings is 2. The molecule has 1 unspecified atom stereocenters. The normalized spacial score (nSPS) is 15.4. The number of hydrogen-bond donors (Lipinski definition) is 2. The van der Waals surface area contributed by atoms with Gasteiger partial charge in [0, 0.05) is 11.8 Å². The second kappa shape index (κ2) is 7.35. The highest BCUT2D eigenvalue weighted by Crippen LogP contribution is 2.31. The van der Waals surface area contributed by atoms with Gasteiger partial charge >= 0.3 is 5.97 Å². The first-order valence-electron chi connectivity index (χ1n) is 8.03. The number of nitrogens with one attached hydrogen (secondary N) is 1. The number of carboxylic acid groups (broad SMARTS) is 1. The Morgan fingerprint density at radius 3 is 2.65 bits per heavy atom. The van der Waals surface area contributed by atoms with Gasteiger partial charge in [0.25, 0.3) is 0 Å². The van der Waals surface area contributed by atoms with Gasteiger partial charge in [-0.1, -0.05) is 0 Å². The third kappa shape index (κ3) is 3.56. The number of anilines is 1. The molecule has 0 spiro atoms. The van der Waals surface area contributed by atoms with E-state index in [9.17, 15) is 9.59 Å². The van der Waals surface area contributed by atoms with Crippen molar-refractivity contribution in [3.05, 3.63) is 47.5 Å². The number of methoxy groups -OCH3 is 2. The largest absolute Gasteiger partial charge is 0.497 e. The van der Waals surface area contributed by atoms with E-state index >= 15 is 0 Å². The zero-order valence-corrected chi connectivity index (χ0v) is 14.4. The van der Waals surface area contributed by atoms with Crippen LogP contribution in [0, 0.1) is 5.92 Å². The van der Waals surface area contributed by atoms with Crippen LogP contribution in [0.1, 0.15) is 15.9 Å². The fourth-order valence-corrected chi connectivity index (χ4v) is 2.86. The molecular weight excluding hydrogens is 338 g/mol. The van der Waals surface area contributed by atoms with Crippen LogP contribution in [-0.4, -0.2) is 37.8 Å². The molecule has 26 heavy (non-hydrogen) atoms. The van der Waals surface area contributed by atoms with E-state index in [1.807, 2.05) is 18.2 Å². The number of fused-ring (bicyclic) bond motifs is 1. The SMILES string of the molecule is COc1ccc2c(c1)CC(C(=O)Nc1ccc(C(=O)O)c(OC)c1)CO2. The van der Waals surface area contributed by atoms with Crippen LogP contribution in [0.2, 0.25) is 0 Å². The molecule has 1 aliphatic heterocycles. The molecule has 2 aromatic rings. The molecule has 0 fully saturated rings. The van der Waals surface area contributed by atoms with E-state index in [1.165, 1.54) is 25.3 Å². The summed E-state index contributed by atoms with van der Waals surface area (Å²) in [6, 6.07) is 9.92. The summed E-state index contributed by atoms with van der Waals surface area (Å²) in [4.78, 5) is 23.7. The smallest absolute Gasteiger partial charge is 0.339 e. The molecule has 7 nitrogen and oxygen atoms in total. The van der Waals surface area contributed by atoms with Gasteiger partial charge in [-0.15, -0.1) is 0 Å². The molecule has 0 aliphatic carbocycles. The van der Waals surface area contributed by atoms with Gasteiger partial charge in [-0.05, 0) is 42.3 Å². The predicted molar refractivity (Wildman–Crippen MR) is 94.3 cm³/mol. The predicted octanol–water partition coefficient (Wildman–Crippen LogP) is 2.59. The molecule has 3 rings (SSSR count). The van der Waals surface area contributed by atoms with Crippen LogP contribution in [0.5, 0.6) is 17.2 Å². The summed E-state index contributed by atoms with van der Waals surface area (Å²) >= 11 is 0. The van der Waals surface area contributed by atoms with Gasteiger partial charge in [0.2, 0.25) is 5.91 Å². The van der Waals surface area contributed by atoms with Crippen molar-refractivity contribution in [3.8, 4) is 17.2 Å². The third-order valence-corrected chi connectivity index (χ3v) is 4.24. The minimum Gasteiger partial charge on any atom is -0.497 e. The molecule has 1 heterocycles. The van der Waals surface area contributed by atoms with Crippen molar-refractivity contribution in [2.75, 3.05) is 26.1 Å². The Morgan fingerprint density at radius 1 is 1.15 bits per heavy atom. The molecule has 1 aliphatic rings. The van der Waals surface area contributed by atoms with Crippen LogP contribution in [-0.2, 0) is 11.2 Å². The first kappa shape index (κ1) is 17.6. The van der Waals surface area contributed by atoms with Crippen molar-refractivity contribution in [1.29, 1.82) is 0 Å². The average molecular weight is 357 g/mol. The summed E-state index contributed by atoms with van der Waals surface area (Å²) in [5, 5.41) is 11.9. The van der Waals surface area contributed by atoms with Crippen LogP contribution in [0.4, 0.5) is 5.69 Å². The molecule has 2 N–H and O–H groups in total. The summed E-state index contributed by atoms with van der Waals surface area (Å²) in [6.45, 7) is 0.273. The number of aromatic carboxylic acids is 1. The first-order chi connectivity index (χ1) is 12.5. The molecule has 0 bridgehead atoms. The van der Waals surface area contributed by atoms with Crippen molar-refractivity contribution in [2.24, 2.45) is 5.92 Å². The average Bonchev–Trinajstić information content (AvgIpc) is 2.66. The van der Waals surface area contributed by atoms with E-state index in [1.54, 1.807) is 7.11 Å². The third-order valence-electron chi connectivity index (χ3n) is 4.24. The molecule has 0 aromatic heterocycles. The number of carbonyl (C=O) groups excluding carboxylic acids is 1. The molecule has 7 heteroatoms. The topological polar surface area (TPSA) is 94.1 Å². The monoisotopic (exact) mass is 357 g/mol. The van der Waals surface area contributed by atoms with E-state index < -0.39 is 5.97 Å². The van der Waals surface area contributed by atoms with Crippen molar-refractivity contribution < 1.29 is 28.9 Å². The lowest BCUT2D eigenvalue weighted by atomic mass is 9.95. The van der Waals surface area contributed by atoms with Gasteiger partial charge in [-0.25, -0.2) is 4.79 Å². The van der Waals surface area contributed by atoms with E-state index in [0.29, 0.717) is 17.9 Å². The number of ether oxygens (including phenoxy) is 3. The Balaban J connectivity index is 1.73. The maximum atomic E-state index is 12.6. The van der Waals surface area contributed by atoms with E-state index in [-0.39, 0.29) is 29.7 Å². The zero-order valence-electron chi connectivity index (χ0n) is 14.4. The van der Waals surface area contributed by atoms with Gasteiger partial charge in [-0.2, -0.15) is 0 Å². The fourth-order valence-electron chi connectivity index (χ4n) is 2.86. The highest BCUT2D eigenvalue weighted by molar-refractivity contribution is 5.95. The summed E-state index contributed by atoms with van der Waals surface area (Å²) in [5.74, 6) is -0.00989. The molecule has 136 valence electrons. The molecule has 1 amide bonds. The zero-order chi connectivity index (χ0) is 18.7. The fraction of sp³-hybridized carbons (Fsp3) is 0.263. The van der Waals surface area contributed by atoms with Crippen LogP contribution >= 0.6 is 0 Å². The molecule has 0 saturated carbocycles. The number of rotatable bonds is 5. The van der Waals surface area contributed by atoms with E-state index in [2.05, 4.69) is 5.32 Å². The molecule has 0 saturated heterocycles. The lowest BCUT2D eigenvalue weighted by Crippen LogP contribution is -2.32. The van der Waals surface area contributed by atoms with Crippen LogP contribution in [0.25, 0.3) is 0 Å². The van der Waals surface area contributed by atoms with Gasteiger partial charge in [0.05, 0.1) is 20.1 Å². The van der Waals surface area contributed by atoms with Crippen molar-refractivity contribution in [1.82, 2.24) is 0 Å². The van der Waals surface area contributed by atoms with Crippen molar-refractivity contribution >= 4 is 17.6 Å². The molecule has 1 atom stereocenters. The molecule has 2 aromatic carbocycles. The van der Waals surface area contributed by atoms with Crippen molar-refractivity contribution in [2.45, 2.75) is 6.42 Å². The minimum absolute atomic E-state index is 0.0347. The standard InChI is InChI=1S/C19H19NO6/c1-24-14-4-6-16-11(8-14)7-12(10-26-16)18(21)20-13-3-5-15(19(22)23)17(9-13)25-2/h3-6,8-9,12H,7,10H2,1-2H3,(H,20,21)(H,22,23). The number of hydrogen-bond acceptors (Lipinski definition) is 5. The maximum absolute atomic E-state index is 12.6. The summed E-state index contributed by atoms with van der Waals surface area (Å²) < 4.78 is 16.0.